The lowest BCUT2D eigenvalue weighted by atomic mass is 10.0. The van der Waals surface area contributed by atoms with E-state index < -0.39 is 11.9 Å². The van der Waals surface area contributed by atoms with Crippen LogP contribution in [0.1, 0.15) is 42.8 Å². The molecule has 0 bridgehead atoms. The average Bonchev–Trinajstić information content (AvgIpc) is 3.42. The molecule has 5 heterocycles. The van der Waals surface area contributed by atoms with Gasteiger partial charge in [0.1, 0.15) is 11.3 Å². The van der Waals surface area contributed by atoms with Gasteiger partial charge in [-0.05, 0) is 23.6 Å². The highest BCUT2D eigenvalue weighted by Crippen LogP contribution is 2.31. The fourth-order valence-corrected chi connectivity index (χ4v) is 4.94. The molecule has 1 aromatic carbocycles. The van der Waals surface area contributed by atoms with E-state index in [1.165, 1.54) is 11.6 Å². The van der Waals surface area contributed by atoms with Gasteiger partial charge < -0.3 is 9.30 Å². The number of rotatable bonds is 6. The molecule has 0 spiro atoms. The van der Waals surface area contributed by atoms with Crippen LogP contribution in [0, 0.1) is 0 Å². The highest BCUT2D eigenvalue weighted by atomic mass is 19.4. The second-order valence-corrected chi connectivity index (χ2v) is 10.2. The minimum absolute atomic E-state index is 0.107. The van der Waals surface area contributed by atoms with E-state index in [2.05, 4.69) is 15.0 Å². The van der Waals surface area contributed by atoms with Gasteiger partial charge in [-0.15, -0.1) is 0 Å². The number of benzene rings is 1. The first kappa shape index (κ1) is 25.9. The van der Waals surface area contributed by atoms with Gasteiger partial charge in [0.05, 0.1) is 37.7 Å². The summed E-state index contributed by atoms with van der Waals surface area (Å²) < 4.78 is 49.3. The van der Waals surface area contributed by atoms with Gasteiger partial charge >= 0.3 is 11.9 Å². The van der Waals surface area contributed by atoms with Gasteiger partial charge in [0.25, 0.3) is 0 Å². The van der Waals surface area contributed by atoms with Crippen molar-refractivity contribution >= 4 is 11.2 Å². The van der Waals surface area contributed by atoms with Gasteiger partial charge in [-0.2, -0.15) is 13.2 Å². The third-order valence-electron chi connectivity index (χ3n) is 7.03. The molecule has 0 saturated carbocycles. The van der Waals surface area contributed by atoms with E-state index in [4.69, 9.17) is 9.72 Å². The molecule has 1 aliphatic rings. The molecule has 0 atom stereocenters. The molecule has 40 heavy (non-hydrogen) atoms. The molecule has 12 heteroatoms. The number of imidazole rings is 2. The van der Waals surface area contributed by atoms with E-state index >= 15 is 0 Å². The minimum atomic E-state index is -4.52. The van der Waals surface area contributed by atoms with Gasteiger partial charge in [0.2, 0.25) is 0 Å². The van der Waals surface area contributed by atoms with Crippen LogP contribution in [0.5, 0.6) is 0 Å². The summed E-state index contributed by atoms with van der Waals surface area (Å²) in [6.45, 7) is 5.17. The Balaban J connectivity index is 1.40. The molecule has 6 rings (SSSR count). The Kier molecular flexibility index (Phi) is 6.29. The normalized spacial score (nSPS) is 14.3. The highest BCUT2D eigenvalue weighted by molar-refractivity contribution is 5.74. The van der Waals surface area contributed by atoms with E-state index in [0.29, 0.717) is 35.8 Å². The number of alkyl halides is 3. The van der Waals surface area contributed by atoms with Gasteiger partial charge in [-0.3, -0.25) is 14.1 Å². The fourth-order valence-electron chi connectivity index (χ4n) is 4.94. The molecule has 4 aromatic heterocycles. The Bertz CT molecular complexity index is 1760. The number of hydrogen-bond acceptors (Lipinski definition) is 6. The molecular weight excluding hydrogens is 523 g/mol. The van der Waals surface area contributed by atoms with Gasteiger partial charge in [0, 0.05) is 30.6 Å². The van der Waals surface area contributed by atoms with E-state index in [9.17, 15) is 18.0 Å². The highest BCUT2D eigenvalue weighted by Gasteiger charge is 2.34. The van der Waals surface area contributed by atoms with Crippen LogP contribution in [0.3, 0.4) is 0 Å². The number of pyridine rings is 1. The zero-order chi connectivity index (χ0) is 28.2. The largest absolute Gasteiger partial charge is 0.434 e. The first-order chi connectivity index (χ1) is 19.1. The Hall–Kier alpha value is -4.32. The molecule has 0 radical (unpaired) electrons. The first-order valence-electron chi connectivity index (χ1n) is 12.8. The number of aromatic nitrogens is 7. The molecule has 206 valence electrons. The number of fused-ring (bicyclic) bond motifs is 1. The number of ether oxygens (including phenoxy) is 1. The van der Waals surface area contributed by atoms with Crippen molar-refractivity contribution in [1.29, 1.82) is 0 Å². The third-order valence-corrected chi connectivity index (χ3v) is 7.03. The first-order valence-corrected chi connectivity index (χ1v) is 12.8. The maximum Gasteiger partial charge on any atom is 0.434 e. The monoisotopic (exact) mass is 549 g/mol. The molecule has 5 aromatic rings. The van der Waals surface area contributed by atoms with E-state index in [-0.39, 0.29) is 30.0 Å². The smallest absolute Gasteiger partial charge is 0.377 e. The summed E-state index contributed by atoms with van der Waals surface area (Å²) in [5.74, 6) is 0.831. The van der Waals surface area contributed by atoms with Crippen molar-refractivity contribution in [3.63, 3.8) is 0 Å². The van der Waals surface area contributed by atoms with Gasteiger partial charge in [0.15, 0.2) is 17.2 Å². The quantitative estimate of drug-likeness (QED) is 0.302. The molecule has 1 fully saturated rings. The number of halogens is 3. The van der Waals surface area contributed by atoms with Crippen LogP contribution in [0.15, 0.2) is 59.8 Å². The molecule has 0 N–H and O–H groups in total. The summed E-state index contributed by atoms with van der Waals surface area (Å²) in [6, 6.07) is 10.6. The Morgan fingerprint density at radius 3 is 2.45 bits per heavy atom. The summed E-state index contributed by atoms with van der Waals surface area (Å²) in [6.07, 6.45) is -0.151. The van der Waals surface area contributed by atoms with E-state index in [1.807, 2.05) is 26.0 Å². The molecule has 0 amide bonds. The Labute approximate surface area is 226 Å². The predicted octanol–water partition coefficient (Wildman–Crippen LogP) is 4.82. The van der Waals surface area contributed by atoms with Crippen LogP contribution in [0.25, 0.3) is 33.9 Å². The molecule has 0 unspecified atom stereocenters. The Morgan fingerprint density at radius 1 is 1.07 bits per heavy atom. The summed E-state index contributed by atoms with van der Waals surface area (Å²) >= 11 is 0. The fraction of sp³-hybridized carbons (Fsp3) is 0.321. The van der Waals surface area contributed by atoms with E-state index in [1.54, 1.807) is 45.8 Å². The lowest BCUT2D eigenvalue weighted by Crippen LogP contribution is -2.38. The maximum atomic E-state index is 13.7. The second kappa shape index (κ2) is 9.70. The molecule has 1 aliphatic heterocycles. The van der Waals surface area contributed by atoms with Crippen molar-refractivity contribution in [1.82, 2.24) is 33.6 Å². The maximum absolute atomic E-state index is 13.7. The van der Waals surface area contributed by atoms with Crippen molar-refractivity contribution < 1.29 is 17.9 Å². The zero-order valence-electron chi connectivity index (χ0n) is 22.1. The number of aryl methyl sites for hydroxylation is 1. The SMILES string of the molecule is CC(C)c1ncccc1-c1ncc2c(n1)n(Cc1ccc(-c3nc(C(F)(F)F)cn3C)cc1)c(=O)n2C1COC1. The van der Waals surface area contributed by atoms with Crippen LogP contribution in [-0.2, 0) is 24.5 Å². The van der Waals surface area contributed by atoms with Crippen LogP contribution < -0.4 is 5.69 Å². The number of hydrogen-bond donors (Lipinski definition) is 0. The van der Waals surface area contributed by atoms with Crippen LogP contribution in [0.2, 0.25) is 0 Å². The minimum Gasteiger partial charge on any atom is -0.377 e. The zero-order valence-corrected chi connectivity index (χ0v) is 22.1. The van der Waals surface area contributed by atoms with Crippen LogP contribution >= 0.6 is 0 Å². The third kappa shape index (κ3) is 4.47. The molecular formula is C28H26F3N7O2. The van der Waals surface area contributed by atoms with Crippen LogP contribution in [-0.4, -0.2) is 46.9 Å². The van der Waals surface area contributed by atoms with Crippen molar-refractivity contribution in [3.05, 3.63) is 82.4 Å². The number of nitrogens with zero attached hydrogens (tertiary/aromatic N) is 7. The topological polar surface area (TPSA) is 92.7 Å². The van der Waals surface area contributed by atoms with E-state index in [0.717, 1.165) is 23.0 Å². The summed E-state index contributed by atoms with van der Waals surface area (Å²) in [5.41, 5.74) is 2.91. The summed E-state index contributed by atoms with van der Waals surface area (Å²) in [5, 5.41) is 0. The summed E-state index contributed by atoms with van der Waals surface area (Å²) in [4.78, 5) is 31.4. The second-order valence-electron chi connectivity index (χ2n) is 10.2. The molecule has 0 aliphatic carbocycles. The van der Waals surface area contributed by atoms with Crippen molar-refractivity contribution in [2.75, 3.05) is 13.2 Å². The summed E-state index contributed by atoms with van der Waals surface area (Å²) in [7, 11) is 1.52. The average molecular weight is 550 g/mol. The standard InChI is InChI=1S/C28H26F3N7O2/c1-16(2)23-20(5-4-10-32-23)24-33-11-21-26(35-24)37(27(39)38(21)19-14-40-15-19)12-17-6-8-18(9-7-17)25-34-22(13-36(25)3)28(29,30)31/h4-11,13,16,19H,12,14-15H2,1-3H3. The van der Waals surface area contributed by atoms with Crippen molar-refractivity contribution in [3.8, 4) is 22.8 Å². The predicted molar refractivity (Wildman–Crippen MR) is 142 cm³/mol. The van der Waals surface area contributed by atoms with Gasteiger partial charge in [-0.25, -0.2) is 19.7 Å². The van der Waals surface area contributed by atoms with Crippen LogP contribution in [0.4, 0.5) is 13.2 Å². The van der Waals surface area contributed by atoms with Crippen molar-refractivity contribution in [2.45, 2.75) is 38.5 Å². The van der Waals surface area contributed by atoms with Crippen molar-refractivity contribution in [2.24, 2.45) is 7.05 Å². The molecule has 9 nitrogen and oxygen atoms in total. The van der Waals surface area contributed by atoms with Gasteiger partial charge in [-0.1, -0.05) is 38.1 Å². The molecule has 1 saturated heterocycles. The lowest BCUT2D eigenvalue weighted by Gasteiger charge is -2.26. The lowest BCUT2D eigenvalue weighted by molar-refractivity contribution is -0.140. The Morgan fingerprint density at radius 2 is 1.82 bits per heavy atom.